The van der Waals surface area contributed by atoms with Gasteiger partial charge in [-0.1, -0.05) is 0 Å². The lowest BCUT2D eigenvalue weighted by Gasteiger charge is -2.01. The normalized spacial score (nSPS) is 11.8. The predicted molar refractivity (Wildman–Crippen MR) is 42.7 cm³/mol. The van der Waals surface area contributed by atoms with Crippen molar-refractivity contribution in [2.75, 3.05) is 32.6 Å². The van der Waals surface area contributed by atoms with E-state index >= 15 is 0 Å². The highest BCUT2D eigenvalue weighted by Gasteiger charge is 1.99. The molecule has 0 aliphatic rings. The second-order valence-electron chi connectivity index (χ2n) is 2.11. The molecule has 0 spiro atoms. The maximum Gasteiger partial charge on any atom is 0.210 e. The number of rotatable bonds is 6. The zero-order valence-corrected chi connectivity index (χ0v) is 7.36. The van der Waals surface area contributed by atoms with Crippen LogP contribution in [-0.2, 0) is 14.8 Å². The van der Waals surface area contributed by atoms with Crippen LogP contribution in [0.1, 0.15) is 0 Å². The van der Waals surface area contributed by atoms with Gasteiger partial charge in [-0.05, 0) is 0 Å². The number of nitrogens with one attached hydrogen (secondary N) is 1. The van der Waals surface area contributed by atoms with Crippen molar-refractivity contribution in [2.24, 2.45) is 5.14 Å². The summed E-state index contributed by atoms with van der Waals surface area (Å²) in [6.45, 7) is 1.60. The van der Waals surface area contributed by atoms with Crippen LogP contribution in [0.2, 0.25) is 0 Å². The van der Waals surface area contributed by atoms with E-state index in [-0.39, 0.29) is 5.75 Å². The summed E-state index contributed by atoms with van der Waals surface area (Å²) in [5.41, 5.74) is 0. The summed E-state index contributed by atoms with van der Waals surface area (Å²) < 4.78 is 25.5. The molecule has 0 fully saturated rings. The summed E-state index contributed by atoms with van der Waals surface area (Å²) in [6.07, 6.45) is 0. The van der Waals surface area contributed by atoms with Gasteiger partial charge >= 0.3 is 0 Å². The van der Waals surface area contributed by atoms with Crippen LogP contribution in [0.5, 0.6) is 0 Å². The second kappa shape index (κ2) is 5.48. The first-order valence-electron chi connectivity index (χ1n) is 3.26. The first kappa shape index (κ1) is 10.8. The molecule has 0 bridgehead atoms. The minimum absolute atomic E-state index is 0.0310. The SMILES string of the molecule is COCCNCCS(N)(=O)=O. The molecule has 0 radical (unpaired) electrons. The van der Waals surface area contributed by atoms with Crippen LogP contribution in [0.3, 0.4) is 0 Å². The van der Waals surface area contributed by atoms with E-state index in [2.05, 4.69) is 5.32 Å². The van der Waals surface area contributed by atoms with Gasteiger partial charge in [0.25, 0.3) is 0 Å². The van der Waals surface area contributed by atoms with E-state index < -0.39 is 10.0 Å². The average Bonchev–Trinajstić information content (AvgIpc) is 1.85. The van der Waals surface area contributed by atoms with E-state index in [1.807, 2.05) is 0 Å². The molecule has 0 heterocycles. The van der Waals surface area contributed by atoms with Gasteiger partial charge in [0.1, 0.15) is 0 Å². The average molecular weight is 182 g/mol. The largest absolute Gasteiger partial charge is 0.383 e. The van der Waals surface area contributed by atoms with Crippen LogP contribution >= 0.6 is 0 Å². The summed E-state index contributed by atoms with van der Waals surface area (Å²) in [6, 6.07) is 0. The highest BCUT2D eigenvalue weighted by Crippen LogP contribution is 1.73. The Bertz CT molecular complexity index is 178. The lowest BCUT2D eigenvalue weighted by Crippen LogP contribution is -2.29. The van der Waals surface area contributed by atoms with Gasteiger partial charge in [0.05, 0.1) is 12.4 Å². The second-order valence-corrected chi connectivity index (χ2v) is 3.84. The topological polar surface area (TPSA) is 81.4 Å². The summed E-state index contributed by atoms with van der Waals surface area (Å²) >= 11 is 0. The molecule has 3 N–H and O–H groups in total. The smallest absolute Gasteiger partial charge is 0.210 e. The van der Waals surface area contributed by atoms with Gasteiger partial charge in [0.2, 0.25) is 10.0 Å². The van der Waals surface area contributed by atoms with Crippen molar-refractivity contribution in [1.82, 2.24) is 5.32 Å². The molecular formula is C5H14N2O3S. The van der Waals surface area contributed by atoms with E-state index in [0.717, 1.165) is 0 Å². The van der Waals surface area contributed by atoms with Crippen molar-refractivity contribution in [1.29, 1.82) is 0 Å². The van der Waals surface area contributed by atoms with Crippen molar-refractivity contribution in [3.8, 4) is 0 Å². The fraction of sp³-hybridized carbons (Fsp3) is 1.00. The fourth-order valence-electron chi connectivity index (χ4n) is 0.514. The lowest BCUT2D eigenvalue weighted by molar-refractivity contribution is 0.200. The molecule has 0 aliphatic heterocycles. The van der Waals surface area contributed by atoms with Crippen LogP contribution in [0.4, 0.5) is 0 Å². The number of hydrogen-bond acceptors (Lipinski definition) is 4. The number of sulfonamides is 1. The molecule has 0 aliphatic carbocycles. The third-order valence-corrected chi connectivity index (χ3v) is 1.82. The molecule has 68 valence electrons. The van der Waals surface area contributed by atoms with Gasteiger partial charge in [-0.2, -0.15) is 0 Å². The number of methoxy groups -OCH3 is 1. The van der Waals surface area contributed by atoms with Gasteiger partial charge in [0, 0.05) is 20.2 Å². The molecule has 0 aromatic rings. The summed E-state index contributed by atoms with van der Waals surface area (Å²) in [7, 11) is -1.73. The van der Waals surface area contributed by atoms with Crippen molar-refractivity contribution < 1.29 is 13.2 Å². The first-order valence-corrected chi connectivity index (χ1v) is 4.98. The number of hydrogen-bond donors (Lipinski definition) is 2. The highest BCUT2D eigenvalue weighted by atomic mass is 32.2. The van der Waals surface area contributed by atoms with Crippen molar-refractivity contribution >= 4 is 10.0 Å². The Morgan fingerprint density at radius 2 is 2.09 bits per heavy atom. The van der Waals surface area contributed by atoms with E-state index in [9.17, 15) is 8.42 Å². The Morgan fingerprint density at radius 1 is 1.45 bits per heavy atom. The Morgan fingerprint density at radius 3 is 2.55 bits per heavy atom. The molecule has 5 nitrogen and oxygen atoms in total. The predicted octanol–water partition coefficient (Wildman–Crippen LogP) is -1.49. The van der Waals surface area contributed by atoms with Gasteiger partial charge < -0.3 is 10.1 Å². The lowest BCUT2D eigenvalue weighted by atomic mass is 10.6. The highest BCUT2D eigenvalue weighted by molar-refractivity contribution is 7.89. The van der Waals surface area contributed by atoms with Crippen LogP contribution in [0, 0.1) is 0 Å². The van der Waals surface area contributed by atoms with E-state index in [1.165, 1.54) is 0 Å². The summed E-state index contributed by atoms with van der Waals surface area (Å²) in [5.74, 6) is -0.0310. The quantitative estimate of drug-likeness (QED) is 0.490. The maximum absolute atomic E-state index is 10.4. The molecule has 0 aromatic heterocycles. The Hall–Kier alpha value is -0.170. The third kappa shape index (κ3) is 9.83. The van der Waals surface area contributed by atoms with Gasteiger partial charge in [-0.25, -0.2) is 13.6 Å². The number of ether oxygens (including phenoxy) is 1. The standard InChI is InChI=1S/C5H14N2O3S/c1-10-4-2-7-3-5-11(6,8)9/h7H,2-5H2,1H3,(H2,6,8,9). The van der Waals surface area contributed by atoms with Crippen LogP contribution < -0.4 is 10.5 Å². The molecule has 0 saturated carbocycles. The monoisotopic (exact) mass is 182 g/mol. The van der Waals surface area contributed by atoms with Gasteiger partial charge in [-0.3, -0.25) is 0 Å². The summed E-state index contributed by atoms with van der Waals surface area (Å²) in [5, 5.41) is 7.61. The van der Waals surface area contributed by atoms with E-state index in [1.54, 1.807) is 7.11 Å². The van der Waals surface area contributed by atoms with Gasteiger partial charge in [0.15, 0.2) is 0 Å². The minimum atomic E-state index is -3.31. The van der Waals surface area contributed by atoms with Gasteiger partial charge in [-0.15, -0.1) is 0 Å². The molecule has 0 saturated heterocycles. The molecule has 0 atom stereocenters. The van der Waals surface area contributed by atoms with Crippen molar-refractivity contribution in [3.63, 3.8) is 0 Å². The molecule has 11 heavy (non-hydrogen) atoms. The van der Waals surface area contributed by atoms with Crippen molar-refractivity contribution in [3.05, 3.63) is 0 Å². The first-order chi connectivity index (χ1) is 5.06. The van der Waals surface area contributed by atoms with Crippen LogP contribution in [-0.4, -0.2) is 41.0 Å². The van der Waals surface area contributed by atoms with E-state index in [4.69, 9.17) is 9.88 Å². The molecule has 0 unspecified atom stereocenters. The zero-order valence-electron chi connectivity index (χ0n) is 6.54. The number of nitrogens with two attached hydrogens (primary N) is 1. The molecule has 0 amide bonds. The van der Waals surface area contributed by atoms with Crippen molar-refractivity contribution in [2.45, 2.75) is 0 Å². The third-order valence-electron chi connectivity index (χ3n) is 1.05. The minimum Gasteiger partial charge on any atom is -0.383 e. The molecular weight excluding hydrogens is 168 g/mol. The zero-order chi connectivity index (χ0) is 8.74. The van der Waals surface area contributed by atoms with Crippen LogP contribution in [0.15, 0.2) is 0 Å². The molecule has 6 heteroatoms. The number of primary sulfonamides is 1. The Kier molecular flexibility index (Phi) is 5.39. The molecule has 0 rings (SSSR count). The Balaban J connectivity index is 3.16. The van der Waals surface area contributed by atoms with E-state index in [0.29, 0.717) is 19.7 Å². The fourth-order valence-corrected chi connectivity index (χ4v) is 0.943. The maximum atomic E-state index is 10.4. The van der Waals surface area contributed by atoms with Crippen LogP contribution in [0.25, 0.3) is 0 Å². The Labute approximate surface area is 67.0 Å². The molecule has 0 aromatic carbocycles. The summed E-state index contributed by atoms with van der Waals surface area (Å²) in [4.78, 5) is 0.